The molecule has 1 N–H and O–H groups in total. The maximum Gasteiger partial charge on any atom is 0.257 e. The summed E-state index contributed by atoms with van der Waals surface area (Å²) in [5.74, 6) is 0.769. The van der Waals surface area contributed by atoms with Gasteiger partial charge in [0.15, 0.2) is 0 Å². The second-order valence-electron chi connectivity index (χ2n) is 4.38. The molecule has 1 amide bonds. The van der Waals surface area contributed by atoms with Crippen molar-refractivity contribution >= 4 is 11.7 Å². The van der Waals surface area contributed by atoms with Gasteiger partial charge in [0.2, 0.25) is 0 Å². The minimum Gasteiger partial charge on any atom is -0.372 e. The Morgan fingerprint density at radius 3 is 2.94 bits per heavy atom. The lowest BCUT2D eigenvalue weighted by molar-refractivity contribution is 0.0744. The Kier molecular flexibility index (Phi) is 3.61. The average molecular weight is 233 g/mol. The molecule has 0 bridgehead atoms. The maximum absolute atomic E-state index is 12.4. The lowest BCUT2D eigenvalue weighted by Gasteiger charge is -2.22. The van der Waals surface area contributed by atoms with Gasteiger partial charge in [0, 0.05) is 25.8 Å². The zero-order valence-electron chi connectivity index (χ0n) is 10.4. The van der Waals surface area contributed by atoms with Crippen LogP contribution in [0.15, 0.2) is 18.3 Å². The summed E-state index contributed by atoms with van der Waals surface area (Å²) in [5, 5.41) is 2.97. The van der Waals surface area contributed by atoms with Crippen LogP contribution >= 0.6 is 0 Å². The van der Waals surface area contributed by atoms with Crippen molar-refractivity contribution in [2.45, 2.75) is 32.2 Å². The summed E-state index contributed by atoms with van der Waals surface area (Å²) in [5.41, 5.74) is 0.676. The number of carbonyl (C=O) groups excluding carboxylic acids is 1. The number of hydrogen-bond acceptors (Lipinski definition) is 3. The minimum absolute atomic E-state index is 0.104. The van der Waals surface area contributed by atoms with Crippen molar-refractivity contribution in [1.82, 2.24) is 9.88 Å². The van der Waals surface area contributed by atoms with Crippen LogP contribution in [0.25, 0.3) is 0 Å². The Bertz CT molecular complexity index is 401. The van der Waals surface area contributed by atoms with Crippen LogP contribution in [0.3, 0.4) is 0 Å². The van der Waals surface area contributed by atoms with E-state index in [1.54, 1.807) is 13.2 Å². The van der Waals surface area contributed by atoms with E-state index in [4.69, 9.17) is 0 Å². The van der Waals surface area contributed by atoms with Gasteiger partial charge in [-0.15, -0.1) is 0 Å². The van der Waals surface area contributed by atoms with E-state index in [2.05, 4.69) is 17.2 Å². The number of hydrogen-bond donors (Lipinski definition) is 1. The molecule has 0 aliphatic heterocycles. The molecule has 0 saturated heterocycles. The lowest BCUT2D eigenvalue weighted by atomic mass is 10.2. The largest absolute Gasteiger partial charge is 0.372 e. The molecule has 1 aromatic heterocycles. The Balaban J connectivity index is 2.21. The van der Waals surface area contributed by atoms with E-state index in [1.807, 2.05) is 17.0 Å². The second-order valence-corrected chi connectivity index (χ2v) is 4.38. The van der Waals surface area contributed by atoms with Crippen LogP contribution in [0.4, 0.5) is 5.82 Å². The summed E-state index contributed by atoms with van der Waals surface area (Å²) in [6, 6.07) is 4.10. The smallest absolute Gasteiger partial charge is 0.257 e. The van der Waals surface area contributed by atoms with Crippen LogP contribution in [0, 0.1) is 0 Å². The number of nitrogens with one attached hydrogen (secondary N) is 1. The fraction of sp³-hybridized carbons (Fsp3) is 0.538. The van der Waals surface area contributed by atoms with Crippen molar-refractivity contribution in [3.63, 3.8) is 0 Å². The van der Waals surface area contributed by atoms with Crippen molar-refractivity contribution in [3.05, 3.63) is 23.9 Å². The highest BCUT2D eigenvalue weighted by Crippen LogP contribution is 2.29. The molecule has 1 aromatic rings. The zero-order chi connectivity index (χ0) is 12.3. The van der Waals surface area contributed by atoms with Crippen molar-refractivity contribution in [2.24, 2.45) is 0 Å². The first kappa shape index (κ1) is 11.9. The summed E-state index contributed by atoms with van der Waals surface area (Å²) >= 11 is 0. The van der Waals surface area contributed by atoms with E-state index in [0.29, 0.717) is 17.4 Å². The van der Waals surface area contributed by atoms with Crippen LogP contribution in [-0.2, 0) is 0 Å². The number of rotatable bonds is 5. The van der Waals surface area contributed by atoms with Gasteiger partial charge in [-0.1, -0.05) is 6.92 Å². The highest BCUT2D eigenvalue weighted by Gasteiger charge is 2.33. The quantitative estimate of drug-likeness (QED) is 0.847. The molecule has 1 fully saturated rings. The molecule has 4 heteroatoms. The molecular formula is C13H19N3O. The lowest BCUT2D eigenvalue weighted by Crippen LogP contribution is -2.34. The molecule has 0 radical (unpaired) electrons. The molecule has 1 aliphatic rings. The van der Waals surface area contributed by atoms with Gasteiger partial charge in [0.1, 0.15) is 5.82 Å². The molecule has 0 unspecified atom stereocenters. The third-order valence-electron chi connectivity index (χ3n) is 2.99. The van der Waals surface area contributed by atoms with Gasteiger partial charge in [0.25, 0.3) is 5.91 Å². The molecule has 1 saturated carbocycles. The van der Waals surface area contributed by atoms with Crippen molar-refractivity contribution in [3.8, 4) is 0 Å². The fourth-order valence-corrected chi connectivity index (χ4v) is 2.01. The number of nitrogens with zero attached hydrogens (tertiary/aromatic N) is 2. The second kappa shape index (κ2) is 5.17. The van der Waals surface area contributed by atoms with Gasteiger partial charge < -0.3 is 10.2 Å². The van der Waals surface area contributed by atoms with Gasteiger partial charge in [0.05, 0.1) is 5.56 Å². The van der Waals surface area contributed by atoms with Gasteiger partial charge in [-0.05, 0) is 31.4 Å². The SMILES string of the molecule is CCCN(C(=O)c1cccnc1NC)C1CC1. The molecule has 17 heavy (non-hydrogen) atoms. The minimum atomic E-state index is 0.104. The predicted octanol–water partition coefficient (Wildman–Crippen LogP) is 2.14. The number of aromatic nitrogens is 1. The summed E-state index contributed by atoms with van der Waals surface area (Å²) in [6.45, 7) is 2.94. The third kappa shape index (κ3) is 2.57. The molecule has 0 aromatic carbocycles. The van der Waals surface area contributed by atoms with Crippen LogP contribution in [0.1, 0.15) is 36.5 Å². The first-order valence-corrected chi connectivity index (χ1v) is 6.21. The van der Waals surface area contributed by atoms with E-state index in [0.717, 1.165) is 25.8 Å². The van der Waals surface area contributed by atoms with Crippen LogP contribution < -0.4 is 5.32 Å². The summed E-state index contributed by atoms with van der Waals surface area (Å²) < 4.78 is 0. The average Bonchev–Trinajstić information content (AvgIpc) is 3.19. The first-order chi connectivity index (χ1) is 8.27. The van der Waals surface area contributed by atoms with Crippen molar-refractivity contribution in [1.29, 1.82) is 0 Å². The van der Waals surface area contributed by atoms with E-state index in [-0.39, 0.29) is 5.91 Å². The molecule has 92 valence electrons. The normalized spacial score (nSPS) is 14.5. The number of pyridine rings is 1. The Morgan fingerprint density at radius 2 is 2.35 bits per heavy atom. The molecular weight excluding hydrogens is 214 g/mol. The molecule has 0 atom stereocenters. The van der Waals surface area contributed by atoms with E-state index < -0.39 is 0 Å². The molecule has 1 aliphatic carbocycles. The monoisotopic (exact) mass is 233 g/mol. The Hall–Kier alpha value is -1.58. The molecule has 1 heterocycles. The fourth-order valence-electron chi connectivity index (χ4n) is 2.01. The Labute approximate surface area is 102 Å². The van der Waals surface area contributed by atoms with Gasteiger partial charge in [-0.25, -0.2) is 4.98 Å². The summed E-state index contributed by atoms with van der Waals surface area (Å²) in [7, 11) is 1.79. The third-order valence-corrected chi connectivity index (χ3v) is 2.99. The maximum atomic E-state index is 12.4. The van der Waals surface area contributed by atoms with E-state index in [9.17, 15) is 4.79 Å². The highest BCUT2D eigenvalue weighted by atomic mass is 16.2. The van der Waals surface area contributed by atoms with Gasteiger partial charge in [-0.3, -0.25) is 4.79 Å². The summed E-state index contributed by atoms with van der Waals surface area (Å²) in [6.07, 6.45) is 4.98. The highest BCUT2D eigenvalue weighted by molar-refractivity contribution is 5.99. The molecule has 0 spiro atoms. The number of amides is 1. The van der Waals surface area contributed by atoms with Gasteiger partial charge >= 0.3 is 0 Å². The standard InChI is InChI=1S/C13H19N3O/c1-3-9-16(10-6-7-10)13(17)11-5-4-8-15-12(11)14-2/h4-5,8,10H,3,6-7,9H2,1-2H3,(H,14,15). The zero-order valence-corrected chi connectivity index (χ0v) is 10.4. The Morgan fingerprint density at radius 1 is 1.59 bits per heavy atom. The number of carbonyl (C=O) groups is 1. The van der Waals surface area contributed by atoms with Crippen LogP contribution in [0.5, 0.6) is 0 Å². The predicted molar refractivity (Wildman–Crippen MR) is 68.1 cm³/mol. The van der Waals surface area contributed by atoms with Crippen LogP contribution in [0.2, 0.25) is 0 Å². The van der Waals surface area contributed by atoms with E-state index in [1.165, 1.54) is 0 Å². The molecule has 2 rings (SSSR count). The van der Waals surface area contributed by atoms with Crippen LogP contribution in [-0.4, -0.2) is 35.4 Å². The first-order valence-electron chi connectivity index (χ1n) is 6.21. The van der Waals surface area contributed by atoms with Crippen molar-refractivity contribution < 1.29 is 4.79 Å². The molecule has 4 nitrogen and oxygen atoms in total. The van der Waals surface area contributed by atoms with E-state index >= 15 is 0 Å². The van der Waals surface area contributed by atoms with Gasteiger partial charge in [-0.2, -0.15) is 0 Å². The number of anilines is 1. The summed E-state index contributed by atoms with van der Waals surface area (Å²) in [4.78, 5) is 18.6. The van der Waals surface area contributed by atoms with Crippen molar-refractivity contribution in [2.75, 3.05) is 18.9 Å². The topological polar surface area (TPSA) is 45.2 Å².